The van der Waals surface area contributed by atoms with Crippen LogP contribution in [0.5, 0.6) is 0 Å². The second-order valence-electron chi connectivity index (χ2n) is 4.22. The van der Waals surface area contributed by atoms with Crippen molar-refractivity contribution < 1.29 is 9.90 Å². The number of nitrogens with one attached hydrogen (secondary N) is 1. The van der Waals surface area contributed by atoms with Gasteiger partial charge in [-0.05, 0) is 23.8 Å². The largest absolute Gasteiger partial charge is 0.391 e. The quantitative estimate of drug-likeness (QED) is 0.788. The molecule has 16 heavy (non-hydrogen) atoms. The van der Waals surface area contributed by atoms with E-state index in [0.29, 0.717) is 13.1 Å². The zero-order valence-electron chi connectivity index (χ0n) is 9.22. The first kappa shape index (κ1) is 11.4. The number of aliphatic hydroxyl groups is 1. The number of aliphatic hydroxyl groups excluding tert-OH is 1. The topological polar surface area (TPSA) is 52.6 Å². The van der Waals surface area contributed by atoms with Gasteiger partial charge in [0.1, 0.15) is 0 Å². The lowest BCUT2D eigenvalue weighted by Gasteiger charge is -2.34. The van der Waals surface area contributed by atoms with Crippen LogP contribution in [0.3, 0.4) is 0 Å². The maximum Gasteiger partial charge on any atom is 0.321 e. The van der Waals surface area contributed by atoms with Crippen molar-refractivity contribution in [3.63, 3.8) is 0 Å². The molecular formula is C11H16N2O2S. The zero-order chi connectivity index (χ0) is 11.5. The monoisotopic (exact) mass is 240 g/mol. The lowest BCUT2D eigenvalue weighted by Crippen LogP contribution is -2.47. The molecule has 2 N–H and O–H groups in total. The Kier molecular flexibility index (Phi) is 3.46. The van der Waals surface area contributed by atoms with E-state index in [1.165, 1.54) is 0 Å². The van der Waals surface area contributed by atoms with E-state index in [4.69, 9.17) is 0 Å². The van der Waals surface area contributed by atoms with Crippen LogP contribution < -0.4 is 5.32 Å². The molecule has 0 spiro atoms. The normalized spacial score (nSPS) is 25.5. The Morgan fingerprint density at radius 3 is 3.12 bits per heavy atom. The highest BCUT2D eigenvalue weighted by Crippen LogP contribution is 2.18. The van der Waals surface area contributed by atoms with Gasteiger partial charge in [0, 0.05) is 18.5 Å². The van der Waals surface area contributed by atoms with Crippen molar-refractivity contribution in [1.29, 1.82) is 0 Å². The number of hydrogen-bond donors (Lipinski definition) is 2. The minimum atomic E-state index is -0.401. The highest BCUT2D eigenvalue weighted by molar-refractivity contribution is 7.08. The molecule has 4 nitrogen and oxygen atoms in total. The first-order chi connectivity index (χ1) is 7.66. The molecule has 88 valence electrons. The number of hydrogen-bond acceptors (Lipinski definition) is 3. The number of likely N-dealkylation sites (tertiary alicyclic amines) is 1. The summed E-state index contributed by atoms with van der Waals surface area (Å²) in [5.41, 5.74) is 0.822. The fourth-order valence-corrected chi connectivity index (χ4v) is 2.36. The Balaban J connectivity index is 1.90. The third-order valence-corrected chi connectivity index (χ3v) is 3.66. The highest BCUT2D eigenvalue weighted by atomic mass is 32.1. The van der Waals surface area contributed by atoms with Gasteiger partial charge < -0.3 is 15.3 Å². The number of rotatable bonds is 1. The summed E-state index contributed by atoms with van der Waals surface area (Å²) in [4.78, 5) is 13.5. The smallest absolute Gasteiger partial charge is 0.321 e. The molecule has 2 amide bonds. The molecule has 5 heteroatoms. The minimum absolute atomic E-state index is 0.121. The number of carbonyl (C=O) groups excluding carboxylic acids is 1. The second kappa shape index (κ2) is 4.84. The first-order valence-corrected chi connectivity index (χ1v) is 6.37. The van der Waals surface area contributed by atoms with E-state index in [1.54, 1.807) is 16.2 Å². The molecular weight excluding hydrogens is 224 g/mol. The molecule has 2 unspecified atom stereocenters. The van der Waals surface area contributed by atoms with Gasteiger partial charge in [0.05, 0.1) is 11.8 Å². The average molecular weight is 240 g/mol. The van der Waals surface area contributed by atoms with Crippen molar-refractivity contribution in [2.75, 3.05) is 18.4 Å². The minimum Gasteiger partial charge on any atom is -0.391 e. The summed E-state index contributed by atoms with van der Waals surface area (Å²) in [5, 5.41) is 16.3. The lowest BCUT2D eigenvalue weighted by atomic mass is 9.96. The molecule has 2 heterocycles. The third-order valence-electron chi connectivity index (χ3n) is 2.98. The molecule has 1 saturated heterocycles. The molecule has 0 saturated carbocycles. The fourth-order valence-electron chi connectivity index (χ4n) is 1.77. The van der Waals surface area contributed by atoms with E-state index < -0.39 is 6.10 Å². The Bertz CT molecular complexity index is 353. The molecule has 1 aliphatic rings. The van der Waals surface area contributed by atoms with Crippen molar-refractivity contribution >= 4 is 23.1 Å². The summed E-state index contributed by atoms with van der Waals surface area (Å²) in [6.45, 7) is 3.16. The van der Waals surface area contributed by atoms with Gasteiger partial charge in [-0.25, -0.2) is 4.79 Å². The van der Waals surface area contributed by atoms with Gasteiger partial charge in [-0.3, -0.25) is 0 Å². The predicted molar refractivity (Wildman–Crippen MR) is 64.7 cm³/mol. The van der Waals surface area contributed by atoms with E-state index in [0.717, 1.165) is 12.1 Å². The van der Waals surface area contributed by atoms with Crippen LogP contribution in [-0.2, 0) is 0 Å². The van der Waals surface area contributed by atoms with Crippen LogP contribution in [0, 0.1) is 5.92 Å². The highest BCUT2D eigenvalue weighted by Gasteiger charge is 2.27. The van der Waals surface area contributed by atoms with Crippen LogP contribution in [0.4, 0.5) is 10.5 Å². The predicted octanol–water partition coefficient (Wildman–Crippen LogP) is 1.98. The van der Waals surface area contributed by atoms with Crippen molar-refractivity contribution in [2.24, 2.45) is 5.92 Å². The number of urea groups is 1. The van der Waals surface area contributed by atoms with Crippen LogP contribution in [-0.4, -0.2) is 35.2 Å². The van der Waals surface area contributed by atoms with E-state index in [9.17, 15) is 9.90 Å². The number of piperidine rings is 1. The molecule has 1 aromatic rings. The van der Waals surface area contributed by atoms with Gasteiger partial charge in [0.2, 0.25) is 0 Å². The molecule has 1 fully saturated rings. The first-order valence-electron chi connectivity index (χ1n) is 5.43. The average Bonchev–Trinajstić information content (AvgIpc) is 2.74. The van der Waals surface area contributed by atoms with Gasteiger partial charge in [-0.15, -0.1) is 0 Å². The summed E-state index contributed by atoms with van der Waals surface area (Å²) < 4.78 is 0. The Hall–Kier alpha value is -1.07. The van der Waals surface area contributed by atoms with E-state index in [2.05, 4.69) is 5.32 Å². The summed E-state index contributed by atoms with van der Waals surface area (Å²) in [7, 11) is 0. The van der Waals surface area contributed by atoms with Gasteiger partial charge >= 0.3 is 6.03 Å². The second-order valence-corrected chi connectivity index (χ2v) is 5.00. The summed E-state index contributed by atoms with van der Waals surface area (Å²) >= 11 is 1.55. The Morgan fingerprint density at radius 2 is 2.50 bits per heavy atom. The van der Waals surface area contributed by atoms with Crippen molar-refractivity contribution in [1.82, 2.24) is 4.90 Å². The van der Waals surface area contributed by atoms with Crippen molar-refractivity contribution in [3.8, 4) is 0 Å². The van der Waals surface area contributed by atoms with Crippen LogP contribution >= 0.6 is 11.3 Å². The number of nitrogens with zero attached hydrogens (tertiary/aromatic N) is 1. The molecule has 0 aliphatic carbocycles. The van der Waals surface area contributed by atoms with Crippen LogP contribution in [0.2, 0.25) is 0 Å². The summed E-state index contributed by atoms with van der Waals surface area (Å²) in [5.74, 6) is 0.283. The van der Waals surface area contributed by atoms with Crippen LogP contribution in [0.15, 0.2) is 16.8 Å². The standard InChI is InChI=1S/C11H16N2O2S/c1-8-2-4-13(6-10(8)14)11(15)12-9-3-5-16-7-9/h3,5,7-8,10,14H,2,4,6H2,1H3,(H,12,15). The lowest BCUT2D eigenvalue weighted by molar-refractivity contribution is 0.0464. The van der Waals surface area contributed by atoms with Crippen molar-refractivity contribution in [3.05, 3.63) is 16.8 Å². The molecule has 0 aromatic carbocycles. The van der Waals surface area contributed by atoms with Gasteiger partial charge in [-0.1, -0.05) is 6.92 Å². The molecule has 1 aliphatic heterocycles. The van der Waals surface area contributed by atoms with E-state index >= 15 is 0 Å². The van der Waals surface area contributed by atoms with Gasteiger partial charge in [-0.2, -0.15) is 11.3 Å². The van der Waals surface area contributed by atoms with Crippen LogP contribution in [0.1, 0.15) is 13.3 Å². The fraction of sp³-hybridized carbons (Fsp3) is 0.545. The summed E-state index contributed by atoms with van der Waals surface area (Å²) in [6, 6.07) is 1.75. The Labute approximate surface area is 98.9 Å². The molecule has 0 radical (unpaired) electrons. The van der Waals surface area contributed by atoms with Crippen molar-refractivity contribution in [2.45, 2.75) is 19.4 Å². The molecule has 2 atom stereocenters. The SMILES string of the molecule is CC1CCN(C(=O)Nc2ccsc2)CC1O. The number of amides is 2. The van der Waals surface area contributed by atoms with Gasteiger partial charge in [0.25, 0.3) is 0 Å². The third kappa shape index (κ3) is 2.54. The van der Waals surface area contributed by atoms with E-state index in [1.807, 2.05) is 23.8 Å². The maximum atomic E-state index is 11.8. The van der Waals surface area contributed by atoms with E-state index in [-0.39, 0.29) is 11.9 Å². The zero-order valence-corrected chi connectivity index (χ0v) is 10.0. The number of β-amino-alcohol motifs (C(OH)–C–C–N with tert-alkyl or cyclic N) is 1. The van der Waals surface area contributed by atoms with Crippen LogP contribution in [0.25, 0.3) is 0 Å². The Morgan fingerprint density at radius 1 is 1.69 bits per heavy atom. The molecule has 2 rings (SSSR count). The number of thiophene rings is 1. The number of anilines is 1. The maximum absolute atomic E-state index is 11.8. The molecule has 0 bridgehead atoms. The van der Waals surface area contributed by atoms with Gasteiger partial charge in [0.15, 0.2) is 0 Å². The number of carbonyl (C=O) groups is 1. The molecule has 1 aromatic heterocycles. The summed E-state index contributed by atoms with van der Waals surface area (Å²) in [6.07, 6.45) is 0.458.